The summed E-state index contributed by atoms with van der Waals surface area (Å²) in [6.07, 6.45) is 0. The quantitative estimate of drug-likeness (QED) is 0.148. The summed E-state index contributed by atoms with van der Waals surface area (Å²) in [5.74, 6) is 5.72. The molecule has 4 heteroatoms. The Morgan fingerprint density at radius 1 is 0.421 bits per heavy atom. The van der Waals surface area contributed by atoms with E-state index in [1.807, 2.05) is 97.1 Å². The van der Waals surface area contributed by atoms with Gasteiger partial charge in [0.1, 0.15) is 0 Å². The molecule has 0 aliphatic heterocycles. The fourth-order valence-corrected chi connectivity index (χ4v) is 4.81. The molecule has 0 heterocycles. The van der Waals surface area contributed by atoms with Crippen molar-refractivity contribution in [2.75, 3.05) is 0 Å². The lowest BCUT2D eigenvalue weighted by Crippen LogP contribution is -1.85. The first-order valence-corrected chi connectivity index (χ1v) is 12.1. The van der Waals surface area contributed by atoms with Gasteiger partial charge in [-0.05, 0) is 69.1 Å². The third-order valence-corrected chi connectivity index (χ3v) is 6.70. The van der Waals surface area contributed by atoms with Crippen molar-refractivity contribution in [3.8, 4) is 57.1 Å². The Balaban J connectivity index is 1.30. The molecule has 0 saturated carbocycles. The van der Waals surface area contributed by atoms with Gasteiger partial charge in [-0.2, -0.15) is 0 Å². The van der Waals surface area contributed by atoms with Crippen molar-refractivity contribution in [1.82, 2.24) is 0 Å². The molecule has 0 aliphatic rings. The van der Waals surface area contributed by atoms with Crippen molar-refractivity contribution in [2.45, 2.75) is 0 Å². The van der Waals surface area contributed by atoms with Crippen molar-refractivity contribution < 1.29 is 20.4 Å². The van der Waals surface area contributed by atoms with E-state index in [4.69, 9.17) is 0 Å². The largest absolute Gasteiger partial charge is 0.504 e. The third-order valence-electron chi connectivity index (χ3n) is 6.70. The standard InChI is InChI=1S/C34H22O4/c35-29-19-25-5-1-3-7-27(25)31(33(29)37)23-15-11-21(12-16-23)9-10-22-13-17-24(18-14-22)32-28-8-4-2-6-26(28)20-30(36)34(32)38/h1-8,11-20,35-38H. The van der Waals surface area contributed by atoms with Crippen LogP contribution in [-0.4, -0.2) is 20.4 Å². The minimum Gasteiger partial charge on any atom is -0.504 e. The van der Waals surface area contributed by atoms with Crippen LogP contribution in [0.5, 0.6) is 23.0 Å². The number of phenols is 4. The molecule has 0 bridgehead atoms. The minimum absolute atomic E-state index is 0.145. The lowest BCUT2D eigenvalue weighted by atomic mass is 9.95. The van der Waals surface area contributed by atoms with Gasteiger partial charge in [-0.15, -0.1) is 0 Å². The van der Waals surface area contributed by atoms with Crippen LogP contribution in [0.1, 0.15) is 11.1 Å². The lowest BCUT2D eigenvalue weighted by molar-refractivity contribution is 0.406. The van der Waals surface area contributed by atoms with E-state index >= 15 is 0 Å². The molecule has 0 fully saturated rings. The predicted octanol–water partition coefficient (Wildman–Crippen LogP) is 7.55. The Hall–Kier alpha value is -5.40. The molecule has 0 atom stereocenters. The Morgan fingerprint density at radius 2 is 0.789 bits per heavy atom. The molecular formula is C34H22O4. The van der Waals surface area contributed by atoms with Crippen LogP contribution in [0.2, 0.25) is 0 Å². The average molecular weight is 495 g/mol. The van der Waals surface area contributed by atoms with Crippen molar-refractivity contribution in [1.29, 1.82) is 0 Å². The highest BCUT2D eigenvalue weighted by atomic mass is 16.3. The van der Waals surface area contributed by atoms with Crippen LogP contribution in [-0.2, 0) is 0 Å². The fourth-order valence-electron chi connectivity index (χ4n) is 4.81. The summed E-state index contributed by atoms with van der Waals surface area (Å²) >= 11 is 0. The molecule has 0 spiro atoms. The van der Waals surface area contributed by atoms with Crippen LogP contribution in [0.25, 0.3) is 43.8 Å². The number of benzene rings is 6. The molecule has 0 unspecified atom stereocenters. The van der Waals surface area contributed by atoms with E-state index < -0.39 is 0 Å². The van der Waals surface area contributed by atoms with Crippen molar-refractivity contribution >= 4 is 21.5 Å². The van der Waals surface area contributed by atoms with Gasteiger partial charge in [0.15, 0.2) is 23.0 Å². The number of aromatic hydroxyl groups is 4. The number of fused-ring (bicyclic) bond motifs is 2. The summed E-state index contributed by atoms with van der Waals surface area (Å²) in [5.41, 5.74) is 4.33. The highest BCUT2D eigenvalue weighted by molar-refractivity contribution is 6.02. The molecule has 182 valence electrons. The molecule has 0 saturated heterocycles. The number of hydrogen-bond acceptors (Lipinski definition) is 4. The Labute approximate surface area is 219 Å². The Bertz CT molecular complexity index is 1750. The maximum absolute atomic E-state index is 10.6. The first-order chi connectivity index (χ1) is 18.5. The van der Waals surface area contributed by atoms with Gasteiger partial charge >= 0.3 is 0 Å². The maximum Gasteiger partial charge on any atom is 0.166 e. The summed E-state index contributed by atoms with van der Waals surface area (Å²) < 4.78 is 0. The van der Waals surface area contributed by atoms with Gasteiger partial charge in [-0.1, -0.05) is 84.6 Å². The number of phenolic OH excluding ortho intramolecular Hbond substituents is 4. The topological polar surface area (TPSA) is 80.9 Å². The zero-order valence-electron chi connectivity index (χ0n) is 20.2. The number of hydrogen-bond donors (Lipinski definition) is 4. The molecule has 4 N–H and O–H groups in total. The summed E-state index contributed by atoms with van der Waals surface area (Å²) in [6, 6.07) is 33.4. The van der Waals surface area contributed by atoms with Crippen molar-refractivity contribution in [3.63, 3.8) is 0 Å². The van der Waals surface area contributed by atoms with Crippen LogP contribution in [0.15, 0.2) is 109 Å². The van der Waals surface area contributed by atoms with E-state index in [1.165, 1.54) is 0 Å². The summed E-state index contributed by atoms with van der Waals surface area (Å²) in [4.78, 5) is 0. The predicted molar refractivity (Wildman–Crippen MR) is 151 cm³/mol. The normalized spacial score (nSPS) is 10.8. The molecule has 0 aromatic heterocycles. The summed E-state index contributed by atoms with van der Waals surface area (Å²) in [7, 11) is 0. The molecular weight excluding hydrogens is 472 g/mol. The zero-order valence-corrected chi connectivity index (χ0v) is 20.2. The monoisotopic (exact) mass is 494 g/mol. The summed E-state index contributed by atoms with van der Waals surface area (Å²) in [5, 5.41) is 44.9. The van der Waals surface area contributed by atoms with Crippen molar-refractivity contribution in [3.05, 3.63) is 120 Å². The van der Waals surface area contributed by atoms with Gasteiger partial charge in [-0.25, -0.2) is 0 Å². The van der Waals surface area contributed by atoms with Crippen LogP contribution in [0.4, 0.5) is 0 Å². The third kappa shape index (κ3) is 4.03. The molecule has 6 rings (SSSR count). The van der Waals surface area contributed by atoms with Crippen LogP contribution < -0.4 is 0 Å². The van der Waals surface area contributed by atoms with Crippen LogP contribution >= 0.6 is 0 Å². The Kier molecular flexibility index (Phi) is 5.60. The molecule has 6 aromatic carbocycles. The van der Waals surface area contributed by atoms with Crippen LogP contribution in [0, 0.1) is 11.8 Å². The number of rotatable bonds is 2. The highest BCUT2D eigenvalue weighted by Crippen LogP contribution is 2.43. The zero-order chi connectivity index (χ0) is 26.2. The second-order valence-electron chi connectivity index (χ2n) is 9.09. The van der Waals surface area contributed by atoms with Gasteiger partial charge in [0.05, 0.1) is 0 Å². The van der Waals surface area contributed by atoms with Crippen LogP contribution in [0.3, 0.4) is 0 Å². The van der Waals surface area contributed by atoms with Gasteiger partial charge in [0, 0.05) is 22.3 Å². The van der Waals surface area contributed by atoms with E-state index in [2.05, 4.69) is 11.8 Å². The maximum atomic E-state index is 10.6. The molecule has 0 amide bonds. The fraction of sp³-hybridized carbons (Fsp3) is 0. The second-order valence-corrected chi connectivity index (χ2v) is 9.09. The second kappa shape index (κ2) is 9.24. The highest BCUT2D eigenvalue weighted by Gasteiger charge is 2.15. The molecule has 6 aromatic rings. The SMILES string of the molecule is Oc1cc2ccccc2c(-c2ccc(C#Cc3ccc(-c4c(O)c(O)cc5ccccc45)cc3)cc2)c1O. The van der Waals surface area contributed by atoms with E-state index in [9.17, 15) is 20.4 Å². The Morgan fingerprint density at radius 3 is 1.18 bits per heavy atom. The van der Waals surface area contributed by atoms with Gasteiger partial charge < -0.3 is 20.4 Å². The molecule has 4 nitrogen and oxygen atoms in total. The first-order valence-electron chi connectivity index (χ1n) is 12.1. The minimum atomic E-state index is -0.155. The van der Waals surface area contributed by atoms with E-state index in [-0.39, 0.29) is 23.0 Å². The van der Waals surface area contributed by atoms with E-state index in [0.29, 0.717) is 11.1 Å². The van der Waals surface area contributed by atoms with Gasteiger partial charge in [-0.3, -0.25) is 0 Å². The molecule has 38 heavy (non-hydrogen) atoms. The summed E-state index contributed by atoms with van der Waals surface area (Å²) in [6.45, 7) is 0. The van der Waals surface area contributed by atoms with E-state index in [1.54, 1.807) is 12.1 Å². The molecule has 0 radical (unpaired) electrons. The van der Waals surface area contributed by atoms with Gasteiger partial charge in [0.25, 0.3) is 0 Å². The van der Waals surface area contributed by atoms with Crippen molar-refractivity contribution in [2.24, 2.45) is 0 Å². The smallest absolute Gasteiger partial charge is 0.166 e. The lowest BCUT2D eigenvalue weighted by Gasteiger charge is -2.11. The van der Waals surface area contributed by atoms with E-state index in [0.717, 1.165) is 43.8 Å². The average Bonchev–Trinajstić information content (AvgIpc) is 2.94. The van der Waals surface area contributed by atoms with Gasteiger partial charge in [0.2, 0.25) is 0 Å². The first kappa shape index (κ1) is 23.0. The molecule has 0 aliphatic carbocycles.